The molecule has 15 nitrogen and oxygen atoms in total. The van der Waals surface area contributed by atoms with Gasteiger partial charge in [-0.15, -0.1) is 0 Å². The van der Waals surface area contributed by atoms with Crippen molar-refractivity contribution in [3.8, 4) is 17.3 Å². The number of pyridine rings is 1. The number of amides is 5. The summed E-state index contributed by atoms with van der Waals surface area (Å²) in [6.45, 7) is 11.0. The fourth-order valence-corrected chi connectivity index (χ4v) is 6.99. The van der Waals surface area contributed by atoms with Crippen LogP contribution in [0.3, 0.4) is 0 Å². The number of carbonyl (C=O) groups excluding carboxylic acids is 5. The molecule has 1 aromatic carbocycles. The van der Waals surface area contributed by atoms with Gasteiger partial charge in [-0.1, -0.05) is 40.0 Å². The van der Waals surface area contributed by atoms with E-state index in [1.54, 1.807) is 48.5 Å². The predicted octanol–water partition coefficient (Wildman–Crippen LogP) is 3.81. The quantitative estimate of drug-likeness (QED) is 0.188. The lowest BCUT2D eigenvalue weighted by Gasteiger charge is -2.36. The van der Waals surface area contributed by atoms with E-state index in [-0.39, 0.29) is 24.9 Å². The molecular formula is C40H54N8O7. The van der Waals surface area contributed by atoms with Gasteiger partial charge in [0, 0.05) is 47.9 Å². The Hall–Kier alpha value is -5.21. The molecule has 1 unspecified atom stereocenters. The van der Waals surface area contributed by atoms with Crippen molar-refractivity contribution in [1.82, 2.24) is 40.9 Å². The summed E-state index contributed by atoms with van der Waals surface area (Å²) in [5.74, 6) is -0.671. The van der Waals surface area contributed by atoms with Crippen molar-refractivity contribution in [2.45, 2.75) is 122 Å². The molecule has 2 saturated carbocycles. The maximum absolute atomic E-state index is 14.7. The number of likely N-dealkylation sites (tertiary alicyclic amines) is 1. The van der Waals surface area contributed by atoms with Crippen LogP contribution in [0.5, 0.6) is 11.5 Å². The van der Waals surface area contributed by atoms with Gasteiger partial charge in [0.2, 0.25) is 17.6 Å². The molecule has 3 fully saturated rings. The average Bonchev–Trinajstić information content (AvgIpc) is 3.54. The van der Waals surface area contributed by atoms with E-state index in [2.05, 4.69) is 26.4 Å². The molecule has 0 bridgehead atoms. The highest BCUT2D eigenvalue weighted by atomic mass is 16.5. The van der Waals surface area contributed by atoms with E-state index in [1.807, 2.05) is 47.6 Å². The molecule has 55 heavy (non-hydrogen) atoms. The van der Waals surface area contributed by atoms with E-state index in [0.717, 1.165) is 32.1 Å². The summed E-state index contributed by atoms with van der Waals surface area (Å²) in [6, 6.07) is 5.27. The van der Waals surface area contributed by atoms with Gasteiger partial charge in [-0.25, -0.2) is 14.5 Å². The van der Waals surface area contributed by atoms with Crippen molar-refractivity contribution in [3.05, 3.63) is 42.7 Å². The molecule has 3 heterocycles. The number of nitrogens with zero attached hydrogens (tertiary/aromatic N) is 4. The third kappa shape index (κ3) is 9.73. The monoisotopic (exact) mass is 758 g/mol. The van der Waals surface area contributed by atoms with E-state index in [1.165, 1.54) is 4.90 Å². The predicted molar refractivity (Wildman–Crippen MR) is 205 cm³/mol. The van der Waals surface area contributed by atoms with Gasteiger partial charge in [0.15, 0.2) is 5.82 Å². The second-order valence-electron chi connectivity index (χ2n) is 17.1. The second-order valence-corrected chi connectivity index (χ2v) is 17.1. The molecule has 3 aliphatic rings. The number of nitrogens with one attached hydrogen (secondary N) is 4. The van der Waals surface area contributed by atoms with Gasteiger partial charge < -0.3 is 35.6 Å². The molecule has 6 rings (SSSR count). The van der Waals surface area contributed by atoms with Crippen molar-refractivity contribution in [3.63, 3.8) is 0 Å². The summed E-state index contributed by atoms with van der Waals surface area (Å²) < 4.78 is 13.7. The van der Waals surface area contributed by atoms with E-state index in [9.17, 15) is 24.0 Å². The Kier molecular flexibility index (Phi) is 11.4. The van der Waals surface area contributed by atoms with Gasteiger partial charge in [0.25, 0.3) is 5.91 Å². The number of ether oxygens (including phenoxy) is 2. The third-order valence-electron chi connectivity index (χ3n) is 10.3. The Morgan fingerprint density at radius 1 is 0.982 bits per heavy atom. The van der Waals surface area contributed by atoms with Gasteiger partial charge >= 0.3 is 6.03 Å². The number of hydrogen-bond donors (Lipinski definition) is 4. The molecule has 0 spiro atoms. The van der Waals surface area contributed by atoms with Crippen LogP contribution < -0.4 is 30.7 Å². The Balaban J connectivity index is 1.32. The Morgan fingerprint density at radius 3 is 2.33 bits per heavy atom. The Labute approximate surface area is 321 Å². The largest absolute Gasteiger partial charge is 0.497 e. The molecule has 5 amide bonds. The summed E-state index contributed by atoms with van der Waals surface area (Å²) in [4.78, 5) is 74.9. The first-order valence-electron chi connectivity index (χ1n) is 19.2. The van der Waals surface area contributed by atoms with Crippen LogP contribution in [0, 0.1) is 11.3 Å². The van der Waals surface area contributed by atoms with Crippen LogP contribution in [0.4, 0.5) is 4.79 Å². The first-order chi connectivity index (χ1) is 26.0. The molecule has 1 saturated heterocycles. The fraction of sp³-hybridized carbons (Fsp3) is 0.575. The first-order valence-corrected chi connectivity index (χ1v) is 19.2. The zero-order chi connectivity index (χ0) is 39.7. The van der Waals surface area contributed by atoms with Crippen LogP contribution >= 0.6 is 0 Å². The summed E-state index contributed by atoms with van der Waals surface area (Å²) in [6.07, 6.45) is 7.63. The summed E-state index contributed by atoms with van der Waals surface area (Å²) >= 11 is 0. The lowest BCUT2D eigenvalue weighted by Crippen LogP contribution is -2.61. The fourth-order valence-electron chi connectivity index (χ4n) is 6.99. The number of rotatable bonds is 13. The normalized spacial score (nSPS) is 19.9. The molecule has 296 valence electrons. The number of aromatic nitrogens is 3. The van der Waals surface area contributed by atoms with Crippen LogP contribution in [-0.4, -0.2) is 98.7 Å². The SMILES string of the molecule is COc1ccc2c(O[C@@H]3CC(C(=O)N[C@@H](CC4CCC4)C(=O)C(=O)NC4CC4)N(C(=O)[C@@H](NC(=O)NC(C)(C)C)C(C)(C)C)C3)cc(-n3cccn3)nc2c1. The van der Waals surface area contributed by atoms with Gasteiger partial charge in [0.1, 0.15) is 29.7 Å². The second kappa shape index (κ2) is 15.9. The van der Waals surface area contributed by atoms with Crippen LogP contribution in [0.1, 0.15) is 86.5 Å². The number of carbonyl (C=O) groups is 5. The highest BCUT2D eigenvalue weighted by Gasteiger charge is 2.47. The van der Waals surface area contributed by atoms with Gasteiger partial charge in [-0.2, -0.15) is 5.10 Å². The molecule has 15 heteroatoms. The maximum atomic E-state index is 14.7. The molecule has 0 radical (unpaired) electrons. The van der Waals surface area contributed by atoms with Gasteiger partial charge in [-0.05, 0) is 69.6 Å². The Bertz CT molecular complexity index is 1910. The molecule has 3 aromatic rings. The molecule has 1 aliphatic heterocycles. The van der Waals surface area contributed by atoms with Crippen molar-refractivity contribution in [2.24, 2.45) is 11.3 Å². The van der Waals surface area contributed by atoms with E-state index >= 15 is 0 Å². The number of methoxy groups -OCH3 is 1. The molecule has 2 aliphatic carbocycles. The number of Topliss-reactive ketones (excluding diaryl/α,β-unsaturated/α-hetero) is 1. The minimum atomic E-state index is -1.07. The van der Waals surface area contributed by atoms with Gasteiger partial charge in [0.05, 0.1) is 25.2 Å². The first kappa shape index (κ1) is 39.5. The van der Waals surface area contributed by atoms with Crippen LogP contribution in [-0.2, 0) is 19.2 Å². The van der Waals surface area contributed by atoms with Crippen molar-refractivity contribution in [1.29, 1.82) is 0 Å². The van der Waals surface area contributed by atoms with Crippen molar-refractivity contribution in [2.75, 3.05) is 13.7 Å². The molecule has 4 atom stereocenters. The smallest absolute Gasteiger partial charge is 0.315 e. The third-order valence-corrected chi connectivity index (χ3v) is 10.3. The van der Waals surface area contributed by atoms with Crippen molar-refractivity contribution >= 4 is 40.4 Å². The summed E-state index contributed by atoms with van der Waals surface area (Å²) in [5, 5.41) is 16.4. The zero-order valence-corrected chi connectivity index (χ0v) is 32.8. The van der Waals surface area contributed by atoms with Crippen molar-refractivity contribution < 1.29 is 33.4 Å². The number of fused-ring (bicyclic) bond motifs is 1. The van der Waals surface area contributed by atoms with Crippen LogP contribution in [0.25, 0.3) is 16.7 Å². The molecule has 4 N–H and O–H groups in total. The lowest BCUT2D eigenvalue weighted by molar-refractivity contribution is -0.144. The highest BCUT2D eigenvalue weighted by molar-refractivity contribution is 6.38. The van der Waals surface area contributed by atoms with E-state index in [4.69, 9.17) is 14.5 Å². The lowest BCUT2D eigenvalue weighted by atomic mass is 9.80. The Morgan fingerprint density at radius 2 is 1.73 bits per heavy atom. The summed E-state index contributed by atoms with van der Waals surface area (Å²) in [5.41, 5.74) is -0.731. The molecular weight excluding hydrogens is 704 g/mol. The van der Waals surface area contributed by atoms with Gasteiger partial charge in [-0.3, -0.25) is 19.2 Å². The maximum Gasteiger partial charge on any atom is 0.315 e. The average molecular weight is 759 g/mol. The number of benzene rings is 1. The highest BCUT2D eigenvalue weighted by Crippen LogP contribution is 2.35. The minimum Gasteiger partial charge on any atom is -0.497 e. The zero-order valence-electron chi connectivity index (χ0n) is 32.8. The number of urea groups is 1. The number of hydrogen-bond acceptors (Lipinski definition) is 9. The standard InChI is InChI=1S/C40H54N8O7/c1-39(2,3)34(45-38(53)46-40(4,5)6)37(52)47-22-26(55-31-21-32(48-17-9-16-41-48)43-28-19-25(54-7)14-15-27(28)31)20-30(47)35(50)44-29(18-23-10-8-11-23)33(49)36(51)42-24-12-13-24/h9,14-17,19,21,23-24,26,29-30,34H,8,10-13,18,20,22H2,1-7H3,(H,42,51)(H,44,50)(H2,45,46,53)/t26-,29+,30?,34-/m1/s1. The number of ketones is 1. The molecule has 2 aromatic heterocycles. The van der Waals surface area contributed by atoms with E-state index in [0.29, 0.717) is 34.6 Å². The van der Waals surface area contributed by atoms with Crippen LogP contribution in [0.2, 0.25) is 0 Å². The van der Waals surface area contributed by atoms with Crippen LogP contribution in [0.15, 0.2) is 42.7 Å². The minimum absolute atomic E-state index is 0.00650. The van der Waals surface area contributed by atoms with E-state index < -0.39 is 64.7 Å². The topological polar surface area (TPSA) is 186 Å². The summed E-state index contributed by atoms with van der Waals surface area (Å²) in [7, 11) is 1.57.